The SMILES string of the molecule is CCNC(=NCCC(=O)N(C)C)NC1CCN(Cc2ccc(C(F)(F)F)cc2)C1.I. The number of amides is 1. The number of hydrogen-bond acceptors (Lipinski definition) is 3. The van der Waals surface area contributed by atoms with Gasteiger partial charge in [-0.1, -0.05) is 12.1 Å². The number of rotatable bonds is 7. The van der Waals surface area contributed by atoms with Crippen LogP contribution in [-0.4, -0.2) is 68.0 Å². The molecule has 0 aliphatic carbocycles. The standard InChI is InChI=1S/C20H30F3N5O.HI/c1-4-24-19(25-11-9-18(29)27(2)3)26-17-10-12-28(14-17)13-15-5-7-16(8-6-15)20(21,22)23;/h5-8,17H,4,9-14H2,1-3H3,(H2,24,25,26);1H. The van der Waals surface area contributed by atoms with Crippen LogP contribution in [-0.2, 0) is 17.5 Å². The van der Waals surface area contributed by atoms with Crippen molar-refractivity contribution in [3.05, 3.63) is 35.4 Å². The summed E-state index contributed by atoms with van der Waals surface area (Å²) >= 11 is 0. The van der Waals surface area contributed by atoms with Gasteiger partial charge < -0.3 is 15.5 Å². The van der Waals surface area contributed by atoms with Gasteiger partial charge in [0.1, 0.15) is 0 Å². The predicted octanol–water partition coefficient (Wildman–Crippen LogP) is 2.93. The Morgan fingerprint density at radius 2 is 1.93 bits per heavy atom. The van der Waals surface area contributed by atoms with Crippen molar-refractivity contribution in [3.63, 3.8) is 0 Å². The van der Waals surface area contributed by atoms with Crippen LogP contribution in [0.15, 0.2) is 29.3 Å². The van der Waals surface area contributed by atoms with Gasteiger partial charge in [0, 0.05) is 52.7 Å². The third-order valence-electron chi connectivity index (χ3n) is 4.74. The smallest absolute Gasteiger partial charge is 0.357 e. The van der Waals surface area contributed by atoms with E-state index >= 15 is 0 Å². The zero-order valence-corrected chi connectivity index (χ0v) is 20.0. The molecule has 0 bridgehead atoms. The average molecular weight is 541 g/mol. The number of aliphatic imine (C=N–C) groups is 1. The lowest BCUT2D eigenvalue weighted by atomic mass is 10.1. The number of guanidine groups is 1. The van der Waals surface area contributed by atoms with E-state index in [0.717, 1.165) is 43.8 Å². The molecule has 1 aromatic rings. The van der Waals surface area contributed by atoms with Crippen molar-refractivity contribution in [2.24, 2.45) is 4.99 Å². The summed E-state index contributed by atoms with van der Waals surface area (Å²) in [5.74, 6) is 0.716. The molecule has 1 aliphatic rings. The Kier molecular flexibility index (Phi) is 10.9. The second-order valence-electron chi connectivity index (χ2n) is 7.36. The second kappa shape index (κ2) is 12.3. The molecule has 0 saturated carbocycles. The molecule has 1 heterocycles. The highest BCUT2D eigenvalue weighted by Gasteiger charge is 2.30. The van der Waals surface area contributed by atoms with Gasteiger partial charge in [0.05, 0.1) is 12.1 Å². The van der Waals surface area contributed by atoms with E-state index < -0.39 is 11.7 Å². The first-order valence-corrected chi connectivity index (χ1v) is 9.82. The Labute approximate surface area is 193 Å². The molecule has 1 unspecified atom stereocenters. The summed E-state index contributed by atoms with van der Waals surface area (Å²) in [7, 11) is 3.44. The van der Waals surface area contributed by atoms with E-state index in [2.05, 4.69) is 20.5 Å². The summed E-state index contributed by atoms with van der Waals surface area (Å²) in [6, 6.07) is 5.54. The maximum absolute atomic E-state index is 12.7. The van der Waals surface area contributed by atoms with Crippen molar-refractivity contribution in [1.82, 2.24) is 20.4 Å². The number of alkyl halides is 3. The van der Waals surface area contributed by atoms with Gasteiger partial charge >= 0.3 is 6.18 Å². The van der Waals surface area contributed by atoms with E-state index in [-0.39, 0.29) is 35.9 Å². The number of hydrogen-bond donors (Lipinski definition) is 2. The van der Waals surface area contributed by atoms with Crippen LogP contribution in [0, 0.1) is 0 Å². The Morgan fingerprint density at radius 3 is 2.50 bits per heavy atom. The predicted molar refractivity (Wildman–Crippen MR) is 123 cm³/mol. The van der Waals surface area contributed by atoms with Gasteiger partial charge in [-0.05, 0) is 31.0 Å². The summed E-state index contributed by atoms with van der Waals surface area (Å²) in [6.45, 7) is 5.36. The monoisotopic (exact) mass is 541 g/mol. The van der Waals surface area contributed by atoms with Gasteiger partial charge in [-0.25, -0.2) is 0 Å². The number of carbonyl (C=O) groups excluding carboxylic acids is 1. The van der Waals surface area contributed by atoms with Gasteiger partial charge in [0.25, 0.3) is 0 Å². The highest BCUT2D eigenvalue weighted by Crippen LogP contribution is 2.29. The normalized spacial score (nSPS) is 17.4. The first-order chi connectivity index (χ1) is 13.7. The van der Waals surface area contributed by atoms with Gasteiger partial charge in [-0.15, -0.1) is 24.0 Å². The van der Waals surface area contributed by atoms with E-state index in [1.54, 1.807) is 19.0 Å². The largest absolute Gasteiger partial charge is 0.416 e. The lowest BCUT2D eigenvalue weighted by Crippen LogP contribution is -2.44. The molecule has 1 aromatic carbocycles. The van der Waals surface area contributed by atoms with Gasteiger partial charge in [-0.2, -0.15) is 13.2 Å². The fraction of sp³-hybridized carbons (Fsp3) is 0.600. The maximum Gasteiger partial charge on any atom is 0.416 e. The van der Waals surface area contributed by atoms with Gasteiger partial charge in [0.15, 0.2) is 5.96 Å². The summed E-state index contributed by atoms with van der Waals surface area (Å²) in [5.41, 5.74) is 0.239. The van der Waals surface area contributed by atoms with E-state index in [9.17, 15) is 18.0 Å². The third kappa shape index (κ3) is 8.66. The molecular formula is C20H31F3IN5O. The van der Waals surface area contributed by atoms with Crippen molar-refractivity contribution < 1.29 is 18.0 Å². The number of carbonyl (C=O) groups is 1. The van der Waals surface area contributed by atoms with Crippen molar-refractivity contribution in [1.29, 1.82) is 0 Å². The second-order valence-corrected chi connectivity index (χ2v) is 7.36. The molecular weight excluding hydrogens is 510 g/mol. The Hall–Kier alpha value is -1.56. The van der Waals surface area contributed by atoms with Crippen molar-refractivity contribution in [2.45, 2.75) is 38.5 Å². The topological polar surface area (TPSA) is 60.0 Å². The number of likely N-dealkylation sites (tertiary alicyclic amines) is 1. The molecule has 0 spiro atoms. The minimum absolute atomic E-state index is 0. The molecule has 1 saturated heterocycles. The van der Waals surface area contributed by atoms with Crippen LogP contribution in [0.5, 0.6) is 0 Å². The van der Waals surface area contributed by atoms with Crippen molar-refractivity contribution in [2.75, 3.05) is 40.3 Å². The van der Waals surface area contributed by atoms with E-state index in [1.807, 2.05) is 6.92 Å². The molecule has 2 rings (SSSR count). The lowest BCUT2D eigenvalue weighted by molar-refractivity contribution is -0.137. The van der Waals surface area contributed by atoms with E-state index in [0.29, 0.717) is 25.5 Å². The quantitative estimate of drug-likeness (QED) is 0.317. The Balaban J connectivity index is 0.00000450. The van der Waals surface area contributed by atoms with Crippen molar-refractivity contribution >= 4 is 35.8 Å². The number of nitrogens with zero attached hydrogens (tertiary/aromatic N) is 3. The van der Waals surface area contributed by atoms with Crippen LogP contribution in [0.25, 0.3) is 0 Å². The molecule has 2 N–H and O–H groups in total. The minimum atomic E-state index is -4.31. The van der Waals surface area contributed by atoms with Crippen LogP contribution >= 0.6 is 24.0 Å². The van der Waals surface area contributed by atoms with Gasteiger partial charge in [-0.3, -0.25) is 14.7 Å². The molecule has 1 aliphatic heterocycles. The third-order valence-corrected chi connectivity index (χ3v) is 4.74. The van der Waals surface area contributed by atoms with E-state index in [1.165, 1.54) is 12.1 Å². The first kappa shape index (κ1) is 26.5. The molecule has 170 valence electrons. The Bertz CT molecular complexity index is 695. The molecule has 10 heteroatoms. The molecule has 1 fully saturated rings. The molecule has 0 radical (unpaired) electrons. The molecule has 30 heavy (non-hydrogen) atoms. The lowest BCUT2D eigenvalue weighted by Gasteiger charge is -2.19. The zero-order chi connectivity index (χ0) is 21.4. The van der Waals surface area contributed by atoms with Crippen LogP contribution in [0.2, 0.25) is 0 Å². The molecule has 0 aromatic heterocycles. The van der Waals surface area contributed by atoms with Crippen LogP contribution in [0.1, 0.15) is 30.9 Å². The fourth-order valence-electron chi connectivity index (χ4n) is 3.15. The maximum atomic E-state index is 12.7. The summed E-state index contributed by atoms with van der Waals surface area (Å²) in [5, 5.41) is 6.57. The Morgan fingerprint density at radius 1 is 1.27 bits per heavy atom. The van der Waals surface area contributed by atoms with Crippen molar-refractivity contribution in [3.8, 4) is 0 Å². The van der Waals surface area contributed by atoms with Gasteiger partial charge in [0.2, 0.25) is 5.91 Å². The summed E-state index contributed by atoms with van der Waals surface area (Å²) in [4.78, 5) is 19.9. The highest BCUT2D eigenvalue weighted by molar-refractivity contribution is 14.0. The number of nitrogens with one attached hydrogen (secondary N) is 2. The van der Waals surface area contributed by atoms with Crippen LogP contribution in [0.3, 0.4) is 0 Å². The number of halogens is 4. The average Bonchev–Trinajstić information content (AvgIpc) is 3.08. The van der Waals surface area contributed by atoms with E-state index in [4.69, 9.17) is 0 Å². The highest BCUT2D eigenvalue weighted by atomic mass is 127. The fourth-order valence-corrected chi connectivity index (χ4v) is 3.15. The van der Waals surface area contributed by atoms with Crippen LogP contribution in [0.4, 0.5) is 13.2 Å². The minimum Gasteiger partial charge on any atom is -0.357 e. The molecule has 1 atom stereocenters. The van der Waals surface area contributed by atoms with Crippen LogP contribution < -0.4 is 10.6 Å². The summed E-state index contributed by atoms with van der Waals surface area (Å²) in [6.07, 6.45) is -3.03. The molecule has 1 amide bonds. The summed E-state index contributed by atoms with van der Waals surface area (Å²) < 4.78 is 38.0. The zero-order valence-electron chi connectivity index (χ0n) is 17.6. The number of benzene rings is 1. The first-order valence-electron chi connectivity index (χ1n) is 9.82. The molecule has 6 nitrogen and oxygen atoms in total.